The Bertz CT molecular complexity index is 392. The van der Waals surface area contributed by atoms with Gasteiger partial charge in [0, 0.05) is 6.07 Å². The van der Waals surface area contributed by atoms with Crippen molar-refractivity contribution in [3.63, 3.8) is 0 Å². The van der Waals surface area contributed by atoms with Crippen LogP contribution in [0.15, 0.2) is 10.5 Å². The number of carbonyl (C=O) groups is 1. The summed E-state index contributed by atoms with van der Waals surface area (Å²) < 4.78 is 24.0. The normalized spacial score (nSPS) is 13.9. The largest absolute Gasteiger partial charge is 0.486 e. The van der Waals surface area contributed by atoms with Gasteiger partial charge in [0.25, 0.3) is 0 Å². The third-order valence-electron chi connectivity index (χ3n) is 1.88. The molecule has 0 atom stereocenters. The first-order chi connectivity index (χ1) is 6.74. The second-order valence-corrected chi connectivity index (χ2v) is 3.52. The lowest BCUT2D eigenvalue weighted by Crippen LogP contribution is -2.16. The number of hydrogen-bond donors (Lipinski definition) is 0. The van der Waals surface area contributed by atoms with E-state index in [4.69, 9.17) is 9.47 Å². The maximum absolute atomic E-state index is 13.2. The highest BCUT2D eigenvalue weighted by atomic mass is 79.9. The van der Waals surface area contributed by atoms with Crippen molar-refractivity contribution in [1.29, 1.82) is 0 Å². The summed E-state index contributed by atoms with van der Waals surface area (Å²) in [6.45, 7) is 0.787. The topological polar surface area (TPSA) is 35.5 Å². The lowest BCUT2D eigenvalue weighted by atomic mass is 10.2. The van der Waals surface area contributed by atoms with Crippen molar-refractivity contribution in [3.8, 4) is 11.5 Å². The van der Waals surface area contributed by atoms with E-state index in [9.17, 15) is 9.18 Å². The molecule has 0 radical (unpaired) electrons. The SMILES string of the molecule is O=Cc1c(F)cc2c(c1Br)OCCO2. The van der Waals surface area contributed by atoms with E-state index in [2.05, 4.69) is 15.9 Å². The molecule has 1 aromatic rings. The van der Waals surface area contributed by atoms with Crippen LogP contribution in [0.5, 0.6) is 11.5 Å². The molecule has 74 valence electrons. The molecule has 0 saturated heterocycles. The van der Waals surface area contributed by atoms with Crippen molar-refractivity contribution in [3.05, 3.63) is 21.9 Å². The van der Waals surface area contributed by atoms with Crippen LogP contribution in [0.4, 0.5) is 4.39 Å². The first-order valence-corrected chi connectivity index (χ1v) is 4.76. The Hall–Kier alpha value is -1.10. The van der Waals surface area contributed by atoms with Gasteiger partial charge in [-0.1, -0.05) is 0 Å². The van der Waals surface area contributed by atoms with Crippen LogP contribution in [-0.4, -0.2) is 19.5 Å². The van der Waals surface area contributed by atoms with Crippen LogP contribution in [0.3, 0.4) is 0 Å². The molecule has 14 heavy (non-hydrogen) atoms. The molecule has 0 aliphatic carbocycles. The fourth-order valence-corrected chi connectivity index (χ4v) is 1.83. The highest BCUT2D eigenvalue weighted by molar-refractivity contribution is 9.10. The average molecular weight is 261 g/mol. The highest BCUT2D eigenvalue weighted by Gasteiger charge is 2.21. The molecule has 0 spiro atoms. The van der Waals surface area contributed by atoms with Gasteiger partial charge < -0.3 is 9.47 Å². The molecule has 1 aromatic carbocycles. The molecule has 1 heterocycles. The molecule has 0 saturated carbocycles. The van der Waals surface area contributed by atoms with E-state index in [0.29, 0.717) is 35.5 Å². The van der Waals surface area contributed by atoms with Crippen molar-refractivity contribution in [2.45, 2.75) is 0 Å². The van der Waals surface area contributed by atoms with Crippen molar-refractivity contribution in [1.82, 2.24) is 0 Å². The minimum Gasteiger partial charge on any atom is -0.486 e. The van der Waals surface area contributed by atoms with E-state index >= 15 is 0 Å². The predicted molar refractivity (Wildman–Crippen MR) is 50.5 cm³/mol. The zero-order chi connectivity index (χ0) is 10.1. The van der Waals surface area contributed by atoms with Gasteiger partial charge in [-0.3, -0.25) is 4.79 Å². The van der Waals surface area contributed by atoms with E-state index in [-0.39, 0.29) is 5.56 Å². The Morgan fingerprint density at radius 1 is 1.43 bits per heavy atom. The van der Waals surface area contributed by atoms with Crippen molar-refractivity contribution in [2.24, 2.45) is 0 Å². The van der Waals surface area contributed by atoms with Gasteiger partial charge in [-0.05, 0) is 15.9 Å². The Morgan fingerprint density at radius 2 is 2.14 bits per heavy atom. The van der Waals surface area contributed by atoms with Gasteiger partial charge in [0.05, 0.1) is 10.0 Å². The molecular weight excluding hydrogens is 255 g/mol. The summed E-state index contributed by atoms with van der Waals surface area (Å²) in [6.07, 6.45) is 0.442. The quantitative estimate of drug-likeness (QED) is 0.727. The van der Waals surface area contributed by atoms with Crippen LogP contribution in [-0.2, 0) is 0 Å². The number of carbonyl (C=O) groups excluding carboxylic acids is 1. The number of aldehydes is 1. The number of ether oxygens (including phenoxy) is 2. The average Bonchev–Trinajstić information content (AvgIpc) is 2.18. The number of benzene rings is 1. The predicted octanol–water partition coefficient (Wildman–Crippen LogP) is 2.17. The molecule has 0 bridgehead atoms. The minimum absolute atomic E-state index is 0.0470. The third-order valence-corrected chi connectivity index (χ3v) is 2.67. The Morgan fingerprint density at radius 3 is 2.86 bits per heavy atom. The van der Waals surface area contributed by atoms with E-state index in [1.807, 2.05) is 0 Å². The van der Waals surface area contributed by atoms with Crippen molar-refractivity contribution >= 4 is 22.2 Å². The van der Waals surface area contributed by atoms with Gasteiger partial charge in [-0.15, -0.1) is 0 Å². The minimum atomic E-state index is -0.615. The fourth-order valence-electron chi connectivity index (χ4n) is 1.24. The summed E-state index contributed by atoms with van der Waals surface area (Å²) in [4.78, 5) is 10.6. The fraction of sp³-hybridized carbons (Fsp3) is 0.222. The Labute approximate surface area is 87.9 Å². The molecule has 3 nitrogen and oxygen atoms in total. The zero-order valence-corrected chi connectivity index (χ0v) is 8.64. The zero-order valence-electron chi connectivity index (χ0n) is 7.05. The summed E-state index contributed by atoms with van der Waals surface area (Å²) in [7, 11) is 0. The second kappa shape index (κ2) is 3.57. The van der Waals surface area contributed by atoms with Gasteiger partial charge in [0.1, 0.15) is 19.0 Å². The van der Waals surface area contributed by atoms with Crippen molar-refractivity contribution < 1.29 is 18.7 Å². The number of rotatable bonds is 1. The lowest BCUT2D eigenvalue weighted by molar-refractivity contribution is 0.111. The monoisotopic (exact) mass is 260 g/mol. The molecule has 2 rings (SSSR count). The molecule has 0 N–H and O–H groups in total. The van der Waals surface area contributed by atoms with Gasteiger partial charge >= 0.3 is 0 Å². The molecule has 5 heteroatoms. The third kappa shape index (κ3) is 1.37. The number of halogens is 2. The van der Waals surface area contributed by atoms with Crippen LogP contribution in [0.1, 0.15) is 10.4 Å². The standard InChI is InChI=1S/C9H6BrFO3/c10-8-5(4-12)6(11)3-7-9(8)14-2-1-13-7/h3-4H,1-2H2. The van der Waals surface area contributed by atoms with Crippen LogP contribution < -0.4 is 9.47 Å². The summed E-state index contributed by atoms with van der Waals surface area (Å²) in [6, 6.07) is 1.16. The lowest BCUT2D eigenvalue weighted by Gasteiger charge is -2.20. The van der Waals surface area contributed by atoms with Gasteiger partial charge in [-0.25, -0.2) is 4.39 Å². The summed E-state index contributed by atoms with van der Waals surface area (Å²) >= 11 is 3.10. The van der Waals surface area contributed by atoms with Crippen LogP contribution >= 0.6 is 15.9 Å². The highest BCUT2D eigenvalue weighted by Crippen LogP contribution is 2.40. The first-order valence-electron chi connectivity index (χ1n) is 3.97. The van der Waals surface area contributed by atoms with E-state index in [1.165, 1.54) is 0 Å². The number of hydrogen-bond acceptors (Lipinski definition) is 3. The smallest absolute Gasteiger partial charge is 0.176 e. The van der Waals surface area contributed by atoms with Gasteiger partial charge in [0.2, 0.25) is 0 Å². The maximum atomic E-state index is 13.2. The molecule has 0 amide bonds. The number of fused-ring (bicyclic) bond motifs is 1. The molecule has 0 unspecified atom stereocenters. The second-order valence-electron chi connectivity index (χ2n) is 2.73. The summed E-state index contributed by atoms with van der Waals surface area (Å²) in [5, 5.41) is 0. The van der Waals surface area contributed by atoms with Crippen molar-refractivity contribution in [2.75, 3.05) is 13.2 Å². The molecule has 1 aliphatic rings. The van der Waals surface area contributed by atoms with Gasteiger partial charge in [0.15, 0.2) is 17.8 Å². The maximum Gasteiger partial charge on any atom is 0.176 e. The molecule has 0 fully saturated rings. The van der Waals surface area contributed by atoms with Gasteiger partial charge in [-0.2, -0.15) is 0 Å². The summed E-state index contributed by atoms with van der Waals surface area (Å²) in [5.74, 6) is 0.0992. The Balaban J connectivity index is 2.63. The van der Waals surface area contributed by atoms with Crippen LogP contribution in [0.25, 0.3) is 0 Å². The van der Waals surface area contributed by atoms with E-state index in [1.54, 1.807) is 0 Å². The van der Waals surface area contributed by atoms with E-state index in [0.717, 1.165) is 6.07 Å². The molecular formula is C9H6BrFO3. The first kappa shape index (κ1) is 9.45. The summed E-state index contributed by atoms with van der Waals surface area (Å²) in [5.41, 5.74) is -0.0470. The molecule has 0 aromatic heterocycles. The Kier molecular flexibility index (Phi) is 2.41. The van der Waals surface area contributed by atoms with Crippen LogP contribution in [0, 0.1) is 5.82 Å². The molecule has 1 aliphatic heterocycles. The van der Waals surface area contributed by atoms with Crippen LogP contribution in [0.2, 0.25) is 0 Å². The van der Waals surface area contributed by atoms with E-state index < -0.39 is 5.82 Å².